The van der Waals surface area contributed by atoms with Gasteiger partial charge in [0, 0.05) is 11.3 Å². The molecule has 0 bridgehead atoms. The van der Waals surface area contributed by atoms with Gasteiger partial charge in [-0.2, -0.15) is 0 Å². The highest BCUT2D eigenvalue weighted by molar-refractivity contribution is 7.28. The van der Waals surface area contributed by atoms with Crippen LogP contribution < -0.4 is 11.0 Å². The maximum absolute atomic E-state index is 5.91. The Hall–Kier alpha value is -1.33. The zero-order chi connectivity index (χ0) is 14.0. The first-order chi connectivity index (χ1) is 8.79. The van der Waals surface area contributed by atoms with Crippen molar-refractivity contribution >= 4 is 20.2 Å². The van der Waals surface area contributed by atoms with Crippen LogP contribution >= 0.6 is 9.24 Å². The van der Waals surface area contributed by atoms with Gasteiger partial charge in [-0.25, -0.2) is 0 Å². The summed E-state index contributed by atoms with van der Waals surface area (Å²) in [4.78, 5) is 0. The first-order valence-electron chi connectivity index (χ1n) is 6.48. The van der Waals surface area contributed by atoms with Crippen molar-refractivity contribution in [2.24, 2.45) is 0 Å². The van der Waals surface area contributed by atoms with E-state index in [9.17, 15) is 0 Å². The van der Waals surface area contributed by atoms with Crippen molar-refractivity contribution in [3.8, 4) is 11.1 Å². The molecule has 2 N–H and O–H groups in total. The minimum atomic E-state index is 0.822. The molecule has 18 heavy (non-hydrogen) atoms. The van der Waals surface area contributed by atoms with E-state index in [1.165, 1.54) is 10.9 Å². The number of para-hydroxylation sites is 1. The van der Waals surface area contributed by atoms with E-state index < -0.39 is 0 Å². The Labute approximate surface area is 114 Å². The van der Waals surface area contributed by atoms with Gasteiger partial charge in [0.15, 0.2) is 0 Å². The molecule has 2 aromatic carbocycles. The predicted octanol–water partition coefficient (Wildman–Crippen LogP) is 4.49. The molecule has 0 spiro atoms. The van der Waals surface area contributed by atoms with Crippen LogP contribution in [-0.4, -0.2) is 0 Å². The Kier molecular flexibility index (Phi) is 8.96. The van der Waals surface area contributed by atoms with Gasteiger partial charge in [0.05, 0.1) is 0 Å². The van der Waals surface area contributed by atoms with E-state index in [1.54, 1.807) is 0 Å². The lowest BCUT2D eigenvalue weighted by atomic mass is 10.0. The van der Waals surface area contributed by atoms with Gasteiger partial charge in [-0.15, -0.1) is 9.24 Å². The lowest BCUT2D eigenvalue weighted by Crippen LogP contribution is -1.98. The summed E-state index contributed by atoms with van der Waals surface area (Å²) < 4.78 is 0. The summed E-state index contributed by atoms with van der Waals surface area (Å²) in [6.45, 7) is 8.00. The zero-order valence-electron chi connectivity index (χ0n) is 11.8. The lowest BCUT2D eigenvalue weighted by molar-refractivity contribution is 1.50. The molecule has 0 aliphatic rings. The van der Waals surface area contributed by atoms with Gasteiger partial charge in [0.25, 0.3) is 0 Å². The highest BCUT2D eigenvalue weighted by atomic mass is 31.0. The summed E-state index contributed by atoms with van der Waals surface area (Å²) in [6.07, 6.45) is 0. The normalized spacial score (nSPS) is 8.50. The quantitative estimate of drug-likeness (QED) is 0.594. The number of anilines is 1. The number of nitrogens with two attached hydrogens (primary N) is 1. The Morgan fingerprint density at radius 1 is 0.722 bits per heavy atom. The van der Waals surface area contributed by atoms with Crippen LogP contribution in [0.4, 0.5) is 5.69 Å². The molecule has 2 aromatic rings. The maximum atomic E-state index is 5.91. The fraction of sp³-hybridized carbons (Fsp3) is 0.250. The third-order valence-corrected chi connectivity index (χ3v) is 2.72. The van der Waals surface area contributed by atoms with Gasteiger partial charge in [-0.3, -0.25) is 0 Å². The van der Waals surface area contributed by atoms with Crippen LogP contribution in [0.25, 0.3) is 11.1 Å². The zero-order valence-corrected chi connectivity index (χ0v) is 12.9. The van der Waals surface area contributed by atoms with E-state index in [4.69, 9.17) is 5.73 Å². The minimum Gasteiger partial charge on any atom is -0.398 e. The van der Waals surface area contributed by atoms with Gasteiger partial charge in [-0.05, 0) is 16.9 Å². The molecule has 2 rings (SSSR count). The largest absolute Gasteiger partial charge is 0.398 e. The van der Waals surface area contributed by atoms with Crippen LogP contribution in [0.5, 0.6) is 0 Å². The Balaban J connectivity index is 0.000000659. The minimum absolute atomic E-state index is 0.822. The molecule has 1 nitrogen and oxygen atoms in total. The molecule has 0 saturated carbocycles. The molecule has 0 aliphatic carbocycles. The van der Waals surface area contributed by atoms with Crippen molar-refractivity contribution in [3.63, 3.8) is 0 Å². The van der Waals surface area contributed by atoms with Crippen LogP contribution in [0.1, 0.15) is 27.7 Å². The molecule has 1 atom stereocenters. The summed E-state index contributed by atoms with van der Waals surface area (Å²) in [5, 5.41) is 1.17. The third kappa shape index (κ3) is 4.50. The predicted molar refractivity (Wildman–Crippen MR) is 88.3 cm³/mol. The smallest absolute Gasteiger partial charge is 0.0393 e. The molecule has 0 saturated heterocycles. The molecule has 0 heterocycles. The van der Waals surface area contributed by atoms with Gasteiger partial charge in [0.1, 0.15) is 0 Å². The van der Waals surface area contributed by atoms with Gasteiger partial charge in [0.2, 0.25) is 0 Å². The molecular formula is C16H24NP. The van der Waals surface area contributed by atoms with Crippen molar-refractivity contribution < 1.29 is 0 Å². The summed E-state index contributed by atoms with van der Waals surface area (Å²) in [7, 11) is 2.73. The summed E-state index contributed by atoms with van der Waals surface area (Å²) in [6, 6.07) is 16.1. The average Bonchev–Trinajstić information content (AvgIpc) is 2.45. The van der Waals surface area contributed by atoms with Crippen molar-refractivity contribution in [2.75, 3.05) is 5.73 Å². The van der Waals surface area contributed by atoms with Crippen LogP contribution in [0, 0.1) is 0 Å². The van der Waals surface area contributed by atoms with Crippen LogP contribution in [0.15, 0.2) is 48.5 Å². The van der Waals surface area contributed by atoms with E-state index in [2.05, 4.69) is 21.4 Å². The fourth-order valence-electron chi connectivity index (χ4n) is 1.48. The van der Waals surface area contributed by atoms with Crippen molar-refractivity contribution in [1.82, 2.24) is 0 Å². The second-order valence-electron chi connectivity index (χ2n) is 3.17. The maximum Gasteiger partial charge on any atom is 0.0393 e. The topological polar surface area (TPSA) is 26.0 Å². The number of hydrogen-bond acceptors (Lipinski definition) is 1. The fourth-order valence-corrected chi connectivity index (χ4v) is 1.85. The van der Waals surface area contributed by atoms with E-state index in [1.807, 2.05) is 64.1 Å². The molecule has 98 valence electrons. The molecular weight excluding hydrogens is 237 g/mol. The van der Waals surface area contributed by atoms with Crippen LogP contribution in [0.3, 0.4) is 0 Å². The average molecular weight is 261 g/mol. The van der Waals surface area contributed by atoms with E-state index in [0.717, 1.165) is 11.3 Å². The number of rotatable bonds is 1. The Bertz CT molecular complexity index is 409. The molecule has 0 fully saturated rings. The number of benzene rings is 2. The van der Waals surface area contributed by atoms with Crippen LogP contribution in [0.2, 0.25) is 0 Å². The first kappa shape index (κ1) is 16.7. The first-order valence-corrected chi connectivity index (χ1v) is 7.06. The highest BCUT2D eigenvalue weighted by Crippen LogP contribution is 2.24. The second-order valence-corrected chi connectivity index (χ2v) is 3.80. The molecule has 0 radical (unpaired) electrons. The van der Waals surface area contributed by atoms with Gasteiger partial charge in [-0.1, -0.05) is 70.2 Å². The Morgan fingerprint density at radius 2 is 1.17 bits per heavy atom. The van der Waals surface area contributed by atoms with E-state index in [0.29, 0.717) is 0 Å². The standard InChI is InChI=1S/C12H12NP.2C2H6/c13-11-7-3-1-5-9(11)10-6-2-4-8-12(10)14;2*1-2/h1-8H,13-14H2;2*1-2H3. The van der Waals surface area contributed by atoms with Crippen molar-refractivity contribution in [2.45, 2.75) is 27.7 Å². The summed E-state index contributed by atoms with van der Waals surface area (Å²) in [5.74, 6) is 0. The molecule has 0 aliphatic heterocycles. The monoisotopic (exact) mass is 261 g/mol. The van der Waals surface area contributed by atoms with Gasteiger partial charge >= 0.3 is 0 Å². The van der Waals surface area contributed by atoms with Crippen LogP contribution in [-0.2, 0) is 0 Å². The molecule has 2 heteroatoms. The number of hydrogen-bond donors (Lipinski definition) is 1. The summed E-state index contributed by atoms with van der Waals surface area (Å²) in [5.41, 5.74) is 9.01. The lowest BCUT2D eigenvalue weighted by Gasteiger charge is -2.07. The van der Waals surface area contributed by atoms with Gasteiger partial charge < -0.3 is 5.73 Å². The summed E-state index contributed by atoms with van der Waals surface area (Å²) >= 11 is 0. The number of nitrogen functional groups attached to an aromatic ring is 1. The third-order valence-electron chi connectivity index (χ3n) is 2.21. The van der Waals surface area contributed by atoms with E-state index in [-0.39, 0.29) is 0 Å². The highest BCUT2D eigenvalue weighted by Gasteiger charge is 2.03. The molecule has 1 unspecified atom stereocenters. The van der Waals surface area contributed by atoms with Crippen molar-refractivity contribution in [1.29, 1.82) is 0 Å². The van der Waals surface area contributed by atoms with Crippen molar-refractivity contribution in [3.05, 3.63) is 48.5 Å². The van der Waals surface area contributed by atoms with E-state index >= 15 is 0 Å². The Morgan fingerprint density at radius 3 is 1.67 bits per heavy atom. The SMILES string of the molecule is CC.CC.Nc1ccccc1-c1ccccc1P. The molecule has 0 amide bonds. The second kappa shape index (κ2) is 9.67. The molecule has 0 aromatic heterocycles.